The third kappa shape index (κ3) is 4.15. The van der Waals surface area contributed by atoms with Crippen LogP contribution in [0.15, 0.2) is 53.9 Å². The maximum Gasteiger partial charge on any atom is 0.276 e. The van der Waals surface area contributed by atoms with E-state index in [1.807, 2.05) is 4.90 Å². The summed E-state index contributed by atoms with van der Waals surface area (Å²) in [5, 5.41) is 18.9. The predicted molar refractivity (Wildman–Crippen MR) is 144 cm³/mol. The average Bonchev–Trinajstić information content (AvgIpc) is 3.74. The number of halogens is 1. The number of carbonyl (C=O) groups is 1. The Morgan fingerprint density at radius 3 is 2.46 bits per heavy atom. The summed E-state index contributed by atoms with van der Waals surface area (Å²) >= 11 is 0. The molecule has 210 valence electrons. The van der Waals surface area contributed by atoms with Crippen LogP contribution in [0.25, 0.3) is 22.5 Å². The fourth-order valence-electron chi connectivity index (χ4n) is 6.24. The van der Waals surface area contributed by atoms with Gasteiger partial charge in [0, 0.05) is 41.6 Å². The number of aromatic nitrogens is 8. The van der Waals surface area contributed by atoms with Crippen molar-refractivity contribution in [3.63, 3.8) is 0 Å². The van der Waals surface area contributed by atoms with E-state index in [1.165, 1.54) is 22.8 Å². The monoisotopic (exact) mass is 576 g/mol. The molecule has 1 amide bonds. The molecular formula is C26H25FN10O3S. The highest BCUT2D eigenvalue weighted by molar-refractivity contribution is 7.91. The summed E-state index contributed by atoms with van der Waals surface area (Å²) in [5.41, 5.74) is 9.49. The summed E-state index contributed by atoms with van der Waals surface area (Å²) in [6, 6.07) is 5.75. The Labute approximate surface area is 233 Å². The fourth-order valence-corrected chi connectivity index (χ4v) is 7.30. The second-order valence-corrected chi connectivity index (χ2v) is 12.5. The Hall–Kier alpha value is -4.66. The Balaban J connectivity index is 1.29. The maximum absolute atomic E-state index is 13.4. The van der Waals surface area contributed by atoms with Gasteiger partial charge >= 0.3 is 0 Å². The summed E-state index contributed by atoms with van der Waals surface area (Å²) in [6.07, 6.45) is 10.2. The van der Waals surface area contributed by atoms with Gasteiger partial charge in [-0.1, -0.05) is 0 Å². The molecule has 6 heterocycles. The molecule has 2 aliphatic rings. The Kier molecular flexibility index (Phi) is 5.67. The normalized spacial score (nSPS) is 20.6. The molecule has 2 aliphatic heterocycles. The summed E-state index contributed by atoms with van der Waals surface area (Å²) < 4.78 is 42.4. The van der Waals surface area contributed by atoms with Crippen molar-refractivity contribution in [2.45, 2.75) is 48.6 Å². The topological polar surface area (TPSA) is 170 Å². The van der Waals surface area contributed by atoms with Crippen LogP contribution in [0.1, 0.15) is 47.8 Å². The summed E-state index contributed by atoms with van der Waals surface area (Å²) in [6.45, 7) is 0. The number of anilines is 1. The molecule has 4 aromatic heterocycles. The molecule has 15 heteroatoms. The quantitative estimate of drug-likeness (QED) is 0.319. The first-order valence-electron chi connectivity index (χ1n) is 13.1. The molecule has 3 N–H and O–H groups in total. The number of aromatic amines is 1. The summed E-state index contributed by atoms with van der Waals surface area (Å²) in [5.74, 6) is -0.791. The number of fused-ring (bicyclic) bond motifs is 3. The van der Waals surface area contributed by atoms with Crippen LogP contribution in [-0.2, 0) is 9.84 Å². The molecule has 0 spiro atoms. The van der Waals surface area contributed by atoms with Crippen LogP contribution in [-0.4, -0.2) is 77.4 Å². The largest absolute Gasteiger partial charge is 0.382 e. The number of hydrogen-bond acceptors (Lipinski definition) is 9. The van der Waals surface area contributed by atoms with E-state index < -0.39 is 9.84 Å². The van der Waals surface area contributed by atoms with Crippen molar-refractivity contribution in [3.05, 3.63) is 66.3 Å². The van der Waals surface area contributed by atoms with Crippen LogP contribution < -0.4 is 5.73 Å². The SMILES string of the molecule is CS(=O)(=O)c1c([C@H]2C[C@H]3CC[C@@H](C2)N3C(=O)c2cn[nH]n2)nc2c(-c3cnn(-c4ccc(F)cc4)c3)cnn2c1N. The van der Waals surface area contributed by atoms with Gasteiger partial charge in [0.25, 0.3) is 5.91 Å². The van der Waals surface area contributed by atoms with Crippen LogP contribution in [0.5, 0.6) is 0 Å². The van der Waals surface area contributed by atoms with Gasteiger partial charge in [-0.05, 0) is 49.9 Å². The fraction of sp³-hybridized carbons (Fsp3) is 0.308. The number of sulfone groups is 1. The number of amides is 1. The van der Waals surface area contributed by atoms with Gasteiger partial charge in [-0.3, -0.25) is 4.79 Å². The zero-order valence-corrected chi connectivity index (χ0v) is 22.7. The summed E-state index contributed by atoms with van der Waals surface area (Å²) in [4.78, 5) is 19.9. The average molecular weight is 577 g/mol. The number of nitrogens with two attached hydrogens (primary N) is 1. The molecule has 2 fully saturated rings. The number of hydrogen-bond donors (Lipinski definition) is 2. The minimum Gasteiger partial charge on any atom is -0.382 e. The van der Waals surface area contributed by atoms with Crippen molar-refractivity contribution in [2.24, 2.45) is 0 Å². The number of nitrogens with zero attached hydrogens (tertiary/aromatic N) is 8. The van der Waals surface area contributed by atoms with Crippen molar-refractivity contribution in [3.8, 4) is 16.8 Å². The van der Waals surface area contributed by atoms with Crippen molar-refractivity contribution in [2.75, 3.05) is 12.0 Å². The molecular weight excluding hydrogens is 551 g/mol. The molecule has 0 saturated carbocycles. The lowest BCUT2D eigenvalue weighted by molar-refractivity contribution is 0.0562. The smallest absolute Gasteiger partial charge is 0.276 e. The summed E-state index contributed by atoms with van der Waals surface area (Å²) in [7, 11) is -3.77. The van der Waals surface area contributed by atoms with Gasteiger partial charge in [-0.15, -0.1) is 0 Å². The number of rotatable bonds is 5. The van der Waals surface area contributed by atoms with Gasteiger partial charge in [0.05, 0.1) is 30.0 Å². The van der Waals surface area contributed by atoms with E-state index in [2.05, 4.69) is 25.6 Å². The number of benzene rings is 1. The Morgan fingerprint density at radius 2 is 1.80 bits per heavy atom. The lowest BCUT2D eigenvalue weighted by atomic mass is 9.87. The molecule has 2 saturated heterocycles. The van der Waals surface area contributed by atoms with Gasteiger partial charge in [0.1, 0.15) is 16.5 Å². The van der Waals surface area contributed by atoms with Crippen molar-refractivity contribution < 1.29 is 17.6 Å². The first kappa shape index (κ1) is 25.3. The van der Waals surface area contributed by atoms with Crippen LogP contribution in [0.4, 0.5) is 10.2 Å². The number of nitrogen functional groups attached to an aromatic ring is 1. The van der Waals surface area contributed by atoms with Crippen LogP contribution in [0.3, 0.4) is 0 Å². The van der Waals surface area contributed by atoms with E-state index in [-0.39, 0.29) is 46.1 Å². The third-order valence-electron chi connectivity index (χ3n) is 8.01. The van der Waals surface area contributed by atoms with Crippen LogP contribution in [0, 0.1) is 5.82 Å². The standard InChI is InChI=1S/C26H25FN10O3S/c1-41(39,40)23-22(14-8-18-6-7-19(9-14)36(18)26(38)21-12-29-34-33-21)32-25-20(11-31-37(25)24(23)28)15-10-30-35(13-15)17-4-2-16(27)3-5-17/h2-5,10-14,18-19H,6-9,28H2,1H3,(H,29,33,34)/t14-,18+,19-. The van der Waals surface area contributed by atoms with E-state index >= 15 is 0 Å². The van der Waals surface area contributed by atoms with Gasteiger partial charge < -0.3 is 10.6 Å². The van der Waals surface area contributed by atoms with Gasteiger partial charge in [-0.2, -0.15) is 30.1 Å². The van der Waals surface area contributed by atoms with Crippen molar-refractivity contribution in [1.29, 1.82) is 0 Å². The highest BCUT2D eigenvalue weighted by atomic mass is 32.2. The van der Waals surface area contributed by atoms with Crippen LogP contribution in [0.2, 0.25) is 0 Å². The van der Waals surface area contributed by atoms with Gasteiger partial charge in [0.2, 0.25) is 0 Å². The second kappa shape index (κ2) is 9.19. The second-order valence-electron chi connectivity index (χ2n) is 10.5. The van der Waals surface area contributed by atoms with Crippen molar-refractivity contribution in [1.82, 2.24) is 44.7 Å². The molecule has 3 atom stereocenters. The van der Waals surface area contributed by atoms with E-state index in [0.29, 0.717) is 41.0 Å². The molecule has 7 rings (SSSR count). The van der Waals surface area contributed by atoms with E-state index in [1.54, 1.807) is 35.4 Å². The van der Waals surface area contributed by atoms with E-state index in [0.717, 1.165) is 19.1 Å². The minimum atomic E-state index is -3.77. The molecule has 1 aromatic carbocycles. The first-order chi connectivity index (χ1) is 19.7. The third-order valence-corrected chi connectivity index (χ3v) is 9.17. The van der Waals surface area contributed by atoms with Crippen molar-refractivity contribution >= 4 is 27.2 Å². The van der Waals surface area contributed by atoms with Crippen LogP contribution >= 0.6 is 0 Å². The number of H-pyrrole nitrogens is 1. The zero-order valence-electron chi connectivity index (χ0n) is 21.8. The molecule has 5 aromatic rings. The number of nitrogens with one attached hydrogen (secondary N) is 1. The molecule has 0 unspecified atom stereocenters. The Morgan fingerprint density at radius 1 is 1.07 bits per heavy atom. The molecule has 2 bridgehead atoms. The van der Waals surface area contributed by atoms with Gasteiger partial charge in [0.15, 0.2) is 21.2 Å². The minimum absolute atomic E-state index is 0.0156. The highest BCUT2D eigenvalue weighted by Gasteiger charge is 2.46. The predicted octanol–water partition coefficient (Wildman–Crippen LogP) is 2.38. The number of piperidine rings is 1. The molecule has 0 aliphatic carbocycles. The number of carbonyl (C=O) groups excluding carboxylic acids is 1. The molecule has 13 nitrogen and oxygen atoms in total. The van der Waals surface area contributed by atoms with E-state index in [9.17, 15) is 17.6 Å². The zero-order chi connectivity index (χ0) is 28.5. The molecule has 0 radical (unpaired) electrons. The highest BCUT2D eigenvalue weighted by Crippen LogP contribution is 2.45. The molecule has 41 heavy (non-hydrogen) atoms. The van der Waals surface area contributed by atoms with Gasteiger partial charge in [-0.25, -0.2) is 22.5 Å². The maximum atomic E-state index is 13.4. The lowest BCUT2D eigenvalue weighted by Crippen LogP contribution is -2.46. The Bertz CT molecular complexity index is 1890. The van der Waals surface area contributed by atoms with E-state index in [4.69, 9.17) is 10.7 Å². The lowest BCUT2D eigenvalue weighted by Gasteiger charge is -2.38. The first-order valence-corrected chi connectivity index (χ1v) is 14.9.